The van der Waals surface area contributed by atoms with Crippen molar-refractivity contribution in [2.45, 2.75) is 24.4 Å². The van der Waals surface area contributed by atoms with Crippen molar-refractivity contribution in [3.63, 3.8) is 0 Å². The van der Waals surface area contributed by atoms with Crippen LogP contribution in [0.2, 0.25) is 5.02 Å². The summed E-state index contributed by atoms with van der Waals surface area (Å²) in [5, 5.41) is 1.85. The quantitative estimate of drug-likeness (QED) is 0.466. The lowest BCUT2D eigenvalue weighted by molar-refractivity contribution is -0.137. The third kappa shape index (κ3) is 5.23. The van der Waals surface area contributed by atoms with Crippen LogP contribution >= 0.6 is 11.6 Å². The van der Waals surface area contributed by atoms with Gasteiger partial charge in [0.2, 0.25) is 0 Å². The Morgan fingerprint density at radius 2 is 1.86 bits per heavy atom. The Morgan fingerprint density at radius 3 is 2.57 bits per heavy atom. The lowest BCUT2D eigenvalue weighted by atomic mass is 10.2. The second kappa shape index (κ2) is 9.43. The minimum atomic E-state index is -4.66. The number of nitrogens with one attached hydrogen (secondary N) is 1. The number of alkyl halides is 3. The van der Waals surface area contributed by atoms with Crippen molar-refractivity contribution < 1.29 is 31.1 Å². The summed E-state index contributed by atoms with van der Waals surface area (Å²) in [6.07, 6.45) is -4.03. The van der Waals surface area contributed by atoms with Crippen LogP contribution in [0.5, 0.6) is 5.75 Å². The summed E-state index contributed by atoms with van der Waals surface area (Å²) in [5.74, 6) is -0.418. The molecular formula is C24H20ClF3N2O4S. The van der Waals surface area contributed by atoms with Gasteiger partial charge in [-0.3, -0.25) is 9.10 Å². The fraction of sp³-hybridized carbons (Fsp3) is 0.208. The second-order valence-corrected chi connectivity index (χ2v) is 10.2. The van der Waals surface area contributed by atoms with E-state index in [4.69, 9.17) is 16.3 Å². The van der Waals surface area contributed by atoms with Gasteiger partial charge in [0.15, 0.2) is 6.61 Å². The van der Waals surface area contributed by atoms with Crippen LogP contribution in [0.15, 0.2) is 65.6 Å². The number of fused-ring (bicyclic) bond motifs is 1. The van der Waals surface area contributed by atoms with Gasteiger partial charge in [0.25, 0.3) is 15.9 Å². The zero-order chi connectivity index (χ0) is 25.4. The maximum atomic E-state index is 13.2. The number of sulfonamides is 1. The van der Waals surface area contributed by atoms with E-state index in [9.17, 15) is 26.4 Å². The predicted octanol–water partition coefficient (Wildman–Crippen LogP) is 5.44. The first-order valence-corrected chi connectivity index (χ1v) is 12.3. The smallest absolute Gasteiger partial charge is 0.417 e. The van der Waals surface area contributed by atoms with Crippen molar-refractivity contribution in [2.24, 2.45) is 0 Å². The molecule has 4 rings (SSSR count). The molecule has 184 valence electrons. The molecule has 0 atom stereocenters. The van der Waals surface area contributed by atoms with Gasteiger partial charge in [-0.05, 0) is 66.9 Å². The Morgan fingerprint density at radius 1 is 1.11 bits per heavy atom. The van der Waals surface area contributed by atoms with E-state index < -0.39 is 39.3 Å². The summed E-state index contributed by atoms with van der Waals surface area (Å²) < 4.78 is 72.2. The van der Waals surface area contributed by atoms with E-state index in [1.54, 1.807) is 19.1 Å². The molecule has 0 unspecified atom stereocenters. The van der Waals surface area contributed by atoms with Gasteiger partial charge >= 0.3 is 6.18 Å². The van der Waals surface area contributed by atoms with Crippen molar-refractivity contribution in [1.29, 1.82) is 0 Å². The number of para-hydroxylation sites is 1. The molecule has 1 amide bonds. The van der Waals surface area contributed by atoms with Crippen molar-refractivity contribution in [2.75, 3.05) is 22.8 Å². The van der Waals surface area contributed by atoms with E-state index in [2.05, 4.69) is 5.32 Å². The number of rotatable bonds is 6. The summed E-state index contributed by atoms with van der Waals surface area (Å²) in [4.78, 5) is 12.3. The SMILES string of the molecule is Cc1cc(S(=O)(=O)N2CCc3ccccc32)ccc1OCC(=O)Nc1ccc(Cl)c(C(F)(F)F)c1. The number of halogens is 4. The van der Waals surface area contributed by atoms with Crippen LogP contribution in [0, 0.1) is 6.92 Å². The van der Waals surface area contributed by atoms with E-state index in [0.717, 1.165) is 17.7 Å². The first-order chi connectivity index (χ1) is 16.5. The van der Waals surface area contributed by atoms with Crippen molar-refractivity contribution in [1.82, 2.24) is 0 Å². The summed E-state index contributed by atoms with van der Waals surface area (Å²) in [6, 6.07) is 14.6. The molecular weight excluding hydrogens is 505 g/mol. The number of ether oxygens (including phenoxy) is 1. The average molecular weight is 525 g/mol. The number of amides is 1. The number of aryl methyl sites for hydroxylation is 1. The van der Waals surface area contributed by atoms with Gasteiger partial charge in [-0.15, -0.1) is 0 Å². The molecule has 0 aliphatic carbocycles. The summed E-state index contributed by atoms with van der Waals surface area (Å²) >= 11 is 5.58. The van der Waals surface area contributed by atoms with Crippen LogP contribution in [0.25, 0.3) is 0 Å². The lowest BCUT2D eigenvalue weighted by Gasteiger charge is -2.20. The normalized spacial score (nSPS) is 13.5. The van der Waals surface area contributed by atoms with E-state index >= 15 is 0 Å². The first kappa shape index (κ1) is 24.9. The van der Waals surface area contributed by atoms with Gasteiger partial charge in [0.1, 0.15) is 5.75 Å². The van der Waals surface area contributed by atoms with Gasteiger partial charge in [0.05, 0.1) is 21.2 Å². The zero-order valence-corrected chi connectivity index (χ0v) is 20.0. The molecule has 1 N–H and O–H groups in total. The molecule has 0 bridgehead atoms. The third-order valence-corrected chi connectivity index (χ3v) is 7.63. The largest absolute Gasteiger partial charge is 0.483 e. The predicted molar refractivity (Wildman–Crippen MR) is 126 cm³/mol. The Kier molecular flexibility index (Phi) is 6.70. The molecule has 0 aromatic heterocycles. The van der Waals surface area contributed by atoms with E-state index in [-0.39, 0.29) is 16.3 Å². The van der Waals surface area contributed by atoms with E-state index in [1.807, 2.05) is 12.1 Å². The summed E-state index contributed by atoms with van der Waals surface area (Å²) in [7, 11) is -3.79. The van der Waals surface area contributed by atoms with Gasteiger partial charge < -0.3 is 10.1 Å². The average Bonchev–Trinajstić information content (AvgIpc) is 3.24. The van der Waals surface area contributed by atoms with Crippen LogP contribution in [-0.4, -0.2) is 27.5 Å². The first-order valence-electron chi connectivity index (χ1n) is 10.5. The highest BCUT2D eigenvalue weighted by Gasteiger charge is 2.33. The number of nitrogens with zero attached hydrogens (tertiary/aromatic N) is 1. The number of benzene rings is 3. The standard InChI is InChI=1S/C24H20ClF3N2O4S/c1-15-12-18(35(32,33)30-11-10-16-4-2-3-5-21(16)30)7-9-22(15)34-14-23(31)29-17-6-8-20(25)19(13-17)24(26,27)28/h2-9,12-13H,10-11,14H2,1H3,(H,29,31). The molecule has 3 aromatic rings. The summed E-state index contributed by atoms with van der Waals surface area (Å²) in [5.41, 5.74) is 0.947. The molecule has 0 radical (unpaired) electrons. The van der Waals surface area contributed by atoms with Crippen LogP contribution in [0.1, 0.15) is 16.7 Å². The van der Waals surface area contributed by atoms with E-state index in [1.165, 1.54) is 28.6 Å². The van der Waals surface area contributed by atoms with Crippen LogP contribution in [0.3, 0.4) is 0 Å². The third-order valence-electron chi connectivity index (χ3n) is 5.49. The Hall–Kier alpha value is -3.24. The fourth-order valence-corrected chi connectivity index (χ4v) is 5.60. The number of carbonyl (C=O) groups is 1. The molecule has 11 heteroatoms. The maximum absolute atomic E-state index is 13.2. The van der Waals surface area contributed by atoms with Gasteiger partial charge in [-0.25, -0.2) is 8.42 Å². The van der Waals surface area contributed by atoms with Crippen LogP contribution in [0.4, 0.5) is 24.5 Å². The number of hydrogen-bond acceptors (Lipinski definition) is 4. The number of carbonyl (C=O) groups excluding carboxylic acids is 1. The molecule has 3 aromatic carbocycles. The van der Waals surface area contributed by atoms with Gasteiger partial charge in [-0.2, -0.15) is 13.2 Å². The highest BCUT2D eigenvalue weighted by atomic mass is 35.5. The maximum Gasteiger partial charge on any atom is 0.417 e. The lowest BCUT2D eigenvalue weighted by Crippen LogP contribution is -2.29. The molecule has 1 heterocycles. The molecule has 0 saturated carbocycles. The molecule has 1 aliphatic rings. The van der Waals surface area contributed by atoms with Crippen LogP contribution in [-0.2, 0) is 27.4 Å². The Labute approximate surface area is 205 Å². The minimum Gasteiger partial charge on any atom is -0.483 e. The molecule has 1 aliphatic heterocycles. The zero-order valence-electron chi connectivity index (χ0n) is 18.4. The van der Waals surface area contributed by atoms with Crippen molar-refractivity contribution in [3.05, 3.63) is 82.4 Å². The second-order valence-electron chi connectivity index (χ2n) is 7.91. The molecule has 0 fully saturated rings. The Balaban J connectivity index is 1.43. The van der Waals surface area contributed by atoms with Gasteiger partial charge in [-0.1, -0.05) is 29.8 Å². The monoisotopic (exact) mass is 524 g/mol. The number of anilines is 2. The molecule has 35 heavy (non-hydrogen) atoms. The molecule has 6 nitrogen and oxygen atoms in total. The summed E-state index contributed by atoms with van der Waals surface area (Å²) in [6.45, 7) is 1.50. The van der Waals surface area contributed by atoms with Crippen molar-refractivity contribution >= 4 is 38.9 Å². The molecule has 0 saturated heterocycles. The molecule has 0 spiro atoms. The Bertz CT molecular complexity index is 1390. The number of hydrogen-bond donors (Lipinski definition) is 1. The van der Waals surface area contributed by atoms with Gasteiger partial charge in [0, 0.05) is 12.2 Å². The topological polar surface area (TPSA) is 75.7 Å². The fourth-order valence-electron chi connectivity index (χ4n) is 3.79. The van der Waals surface area contributed by atoms with Crippen molar-refractivity contribution in [3.8, 4) is 5.75 Å². The van der Waals surface area contributed by atoms with E-state index in [0.29, 0.717) is 24.2 Å². The minimum absolute atomic E-state index is 0.0839. The highest BCUT2D eigenvalue weighted by molar-refractivity contribution is 7.92. The highest BCUT2D eigenvalue weighted by Crippen LogP contribution is 2.36. The van der Waals surface area contributed by atoms with Crippen LogP contribution < -0.4 is 14.4 Å².